The van der Waals surface area contributed by atoms with Crippen LogP contribution in [0.25, 0.3) is 0 Å². The minimum atomic E-state index is -0.729. The Hall–Kier alpha value is -0.260. The van der Waals surface area contributed by atoms with Gasteiger partial charge in [-0.05, 0) is 32.1 Å². The molecule has 1 unspecified atom stereocenters. The van der Waals surface area contributed by atoms with Crippen molar-refractivity contribution in [2.24, 2.45) is 11.7 Å². The fraction of sp³-hybridized carbons (Fsp3) is 0.917. The summed E-state index contributed by atoms with van der Waals surface area (Å²) >= 11 is 1.68. The average Bonchev–Trinajstić information content (AvgIpc) is 2.29. The number of nitrogens with two attached hydrogens (primary N) is 1. The first-order chi connectivity index (χ1) is 7.97. The molecule has 1 saturated carbocycles. The predicted octanol–water partition coefficient (Wildman–Crippen LogP) is 1.46. The van der Waals surface area contributed by atoms with Crippen LogP contribution in [0.15, 0.2) is 0 Å². The average molecular weight is 261 g/mol. The van der Waals surface area contributed by atoms with Gasteiger partial charge in [-0.3, -0.25) is 4.79 Å². The molecule has 1 atom stereocenters. The second-order valence-electron chi connectivity index (χ2n) is 5.02. The van der Waals surface area contributed by atoms with Crippen molar-refractivity contribution in [2.75, 3.05) is 11.5 Å². The summed E-state index contributed by atoms with van der Waals surface area (Å²) in [6, 6.07) is 0.193. The second-order valence-corrected chi connectivity index (χ2v) is 6.05. The standard InChI is InChI=1S/C12H23NO3S/c1-2-10(13)7-17-8-12(16)5-3-9(4-6-12)11(14)15/h9-10,16H,2-8,13H2,1H3,(H,14,15). The molecule has 0 spiro atoms. The Labute approximate surface area is 107 Å². The van der Waals surface area contributed by atoms with E-state index < -0.39 is 11.6 Å². The van der Waals surface area contributed by atoms with Gasteiger partial charge in [-0.15, -0.1) is 0 Å². The van der Waals surface area contributed by atoms with Gasteiger partial charge in [-0.2, -0.15) is 11.8 Å². The lowest BCUT2D eigenvalue weighted by atomic mass is 9.80. The maximum Gasteiger partial charge on any atom is 0.306 e. The quantitative estimate of drug-likeness (QED) is 0.674. The van der Waals surface area contributed by atoms with Gasteiger partial charge in [0, 0.05) is 17.5 Å². The van der Waals surface area contributed by atoms with Crippen molar-refractivity contribution in [3.63, 3.8) is 0 Å². The van der Waals surface area contributed by atoms with Crippen molar-refractivity contribution in [3.8, 4) is 0 Å². The summed E-state index contributed by atoms with van der Waals surface area (Å²) in [6.45, 7) is 2.05. The predicted molar refractivity (Wildman–Crippen MR) is 70.1 cm³/mol. The summed E-state index contributed by atoms with van der Waals surface area (Å²) < 4.78 is 0. The third kappa shape index (κ3) is 4.85. The van der Waals surface area contributed by atoms with Crippen molar-refractivity contribution in [1.29, 1.82) is 0 Å². The Morgan fingerprint density at radius 1 is 1.53 bits per heavy atom. The second kappa shape index (κ2) is 6.61. The molecule has 4 N–H and O–H groups in total. The summed E-state index contributed by atoms with van der Waals surface area (Å²) in [5.41, 5.74) is 5.14. The lowest BCUT2D eigenvalue weighted by Gasteiger charge is -2.34. The number of aliphatic carboxylic acids is 1. The molecule has 0 aliphatic heterocycles. The number of hydrogen-bond acceptors (Lipinski definition) is 4. The van der Waals surface area contributed by atoms with E-state index in [0.717, 1.165) is 12.2 Å². The molecular formula is C12H23NO3S. The van der Waals surface area contributed by atoms with Crippen LogP contribution in [0.2, 0.25) is 0 Å². The SMILES string of the molecule is CCC(N)CSCC1(O)CCC(C(=O)O)CC1. The Kier molecular flexibility index (Phi) is 5.76. The number of hydrogen-bond donors (Lipinski definition) is 3. The van der Waals surface area contributed by atoms with Crippen LogP contribution < -0.4 is 5.73 Å². The fourth-order valence-corrected chi connectivity index (χ4v) is 3.39. The maximum atomic E-state index is 10.8. The van der Waals surface area contributed by atoms with Crippen LogP contribution in [-0.2, 0) is 4.79 Å². The lowest BCUT2D eigenvalue weighted by Crippen LogP contribution is -2.38. The highest BCUT2D eigenvalue weighted by Gasteiger charge is 2.35. The highest BCUT2D eigenvalue weighted by molar-refractivity contribution is 7.99. The summed E-state index contributed by atoms with van der Waals surface area (Å²) in [5, 5.41) is 19.2. The van der Waals surface area contributed by atoms with Gasteiger partial charge in [0.15, 0.2) is 0 Å². The normalized spacial score (nSPS) is 31.1. The maximum absolute atomic E-state index is 10.8. The summed E-state index contributed by atoms with van der Waals surface area (Å²) in [5.74, 6) is 0.541. The van der Waals surface area contributed by atoms with Crippen LogP contribution in [0.4, 0.5) is 0 Å². The number of aliphatic hydroxyl groups is 1. The molecule has 0 radical (unpaired) electrons. The first kappa shape index (κ1) is 14.8. The van der Waals surface area contributed by atoms with E-state index in [0.29, 0.717) is 31.4 Å². The lowest BCUT2D eigenvalue weighted by molar-refractivity contribution is -0.144. The van der Waals surface area contributed by atoms with Gasteiger partial charge in [-0.25, -0.2) is 0 Å². The Morgan fingerprint density at radius 2 is 2.12 bits per heavy atom. The summed E-state index contributed by atoms with van der Waals surface area (Å²) in [7, 11) is 0. The van der Waals surface area contributed by atoms with Crippen LogP contribution in [-0.4, -0.2) is 39.3 Å². The fourth-order valence-electron chi connectivity index (χ4n) is 2.06. The highest BCUT2D eigenvalue weighted by Crippen LogP contribution is 2.34. The van der Waals surface area contributed by atoms with Crippen molar-refractivity contribution in [1.82, 2.24) is 0 Å². The molecule has 0 bridgehead atoms. The van der Waals surface area contributed by atoms with E-state index in [1.165, 1.54) is 0 Å². The van der Waals surface area contributed by atoms with E-state index >= 15 is 0 Å². The van der Waals surface area contributed by atoms with Crippen molar-refractivity contribution in [2.45, 2.75) is 50.7 Å². The van der Waals surface area contributed by atoms with E-state index in [4.69, 9.17) is 10.8 Å². The minimum absolute atomic E-state index is 0.193. The molecule has 0 heterocycles. The molecule has 5 heteroatoms. The zero-order valence-electron chi connectivity index (χ0n) is 10.4. The van der Waals surface area contributed by atoms with E-state index in [1.807, 2.05) is 0 Å². The monoisotopic (exact) mass is 261 g/mol. The van der Waals surface area contributed by atoms with Crippen molar-refractivity contribution < 1.29 is 15.0 Å². The van der Waals surface area contributed by atoms with Crippen molar-refractivity contribution >= 4 is 17.7 Å². The topological polar surface area (TPSA) is 83.5 Å². The van der Waals surface area contributed by atoms with Gasteiger partial charge in [0.05, 0.1) is 11.5 Å². The van der Waals surface area contributed by atoms with Gasteiger partial charge in [-0.1, -0.05) is 6.92 Å². The number of carboxylic acid groups (broad SMARTS) is 1. The van der Waals surface area contributed by atoms with Gasteiger partial charge in [0.2, 0.25) is 0 Å². The zero-order chi connectivity index (χ0) is 12.9. The molecule has 100 valence electrons. The molecule has 0 aromatic heterocycles. The van der Waals surface area contributed by atoms with E-state index in [1.54, 1.807) is 11.8 Å². The van der Waals surface area contributed by atoms with Gasteiger partial charge in [0.25, 0.3) is 0 Å². The molecular weight excluding hydrogens is 238 g/mol. The molecule has 4 nitrogen and oxygen atoms in total. The van der Waals surface area contributed by atoms with Gasteiger partial charge in [0.1, 0.15) is 0 Å². The van der Waals surface area contributed by atoms with Crippen LogP contribution >= 0.6 is 11.8 Å². The van der Waals surface area contributed by atoms with E-state index in [2.05, 4.69) is 6.92 Å². The largest absolute Gasteiger partial charge is 0.481 e. The Balaban J connectivity index is 2.27. The van der Waals surface area contributed by atoms with Crippen LogP contribution in [0.1, 0.15) is 39.0 Å². The minimum Gasteiger partial charge on any atom is -0.481 e. The summed E-state index contributed by atoms with van der Waals surface area (Å²) in [6.07, 6.45) is 3.32. The van der Waals surface area contributed by atoms with Crippen LogP contribution in [0.3, 0.4) is 0 Å². The molecule has 1 rings (SSSR count). The first-order valence-electron chi connectivity index (χ1n) is 6.25. The van der Waals surface area contributed by atoms with Crippen LogP contribution in [0, 0.1) is 5.92 Å². The molecule has 17 heavy (non-hydrogen) atoms. The van der Waals surface area contributed by atoms with Gasteiger partial charge < -0.3 is 15.9 Å². The third-order valence-electron chi connectivity index (χ3n) is 3.49. The number of carbonyl (C=O) groups is 1. The van der Waals surface area contributed by atoms with Crippen LogP contribution in [0.5, 0.6) is 0 Å². The molecule has 0 amide bonds. The molecule has 1 aliphatic rings. The van der Waals surface area contributed by atoms with E-state index in [-0.39, 0.29) is 12.0 Å². The highest BCUT2D eigenvalue weighted by atomic mass is 32.2. The number of carboxylic acids is 1. The Morgan fingerprint density at radius 3 is 2.59 bits per heavy atom. The molecule has 0 aromatic carbocycles. The summed E-state index contributed by atoms with van der Waals surface area (Å²) in [4.78, 5) is 10.8. The molecule has 0 saturated heterocycles. The Bertz CT molecular complexity index is 252. The number of rotatable bonds is 6. The zero-order valence-corrected chi connectivity index (χ0v) is 11.2. The molecule has 1 fully saturated rings. The smallest absolute Gasteiger partial charge is 0.306 e. The van der Waals surface area contributed by atoms with Crippen molar-refractivity contribution in [3.05, 3.63) is 0 Å². The number of thioether (sulfide) groups is 1. The van der Waals surface area contributed by atoms with Gasteiger partial charge >= 0.3 is 5.97 Å². The molecule has 1 aliphatic carbocycles. The molecule has 0 aromatic rings. The first-order valence-corrected chi connectivity index (χ1v) is 7.41. The van der Waals surface area contributed by atoms with E-state index in [9.17, 15) is 9.90 Å². The third-order valence-corrected chi connectivity index (χ3v) is 4.90.